The topological polar surface area (TPSA) is 17.1 Å². The Kier molecular flexibility index (Phi) is 4.39. The van der Waals surface area contributed by atoms with Crippen LogP contribution >= 0.6 is 0 Å². The molecule has 0 saturated heterocycles. The molecule has 2 rings (SSSR count). The summed E-state index contributed by atoms with van der Waals surface area (Å²) >= 11 is 0. The normalized spacial score (nSPS) is 9.07. The third-order valence-corrected chi connectivity index (χ3v) is 2.07. The molecular weight excluding hydrogens is 273 g/mol. The van der Waals surface area contributed by atoms with Gasteiger partial charge in [-0.15, -0.1) is 0 Å². The van der Waals surface area contributed by atoms with Crippen molar-refractivity contribution in [2.45, 2.75) is 0 Å². The van der Waals surface area contributed by atoms with Crippen molar-refractivity contribution in [3.05, 3.63) is 71.8 Å². The molecule has 0 aromatic heterocycles. The van der Waals surface area contributed by atoms with E-state index in [4.69, 9.17) is 0 Å². The van der Waals surface area contributed by atoms with Gasteiger partial charge >= 0.3 is 0 Å². The van der Waals surface area contributed by atoms with E-state index in [1.807, 2.05) is 60.7 Å². The first-order valence-corrected chi connectivity index (χ1v) is 4.53. The summed E-state index contributed by atoms with van der Waals surface area (Å²) in [6.45, 7) is 0. The van der Waals surface area contributed by atoms with Gasteiger partial charge in [0.1, 0.15) is 0 Å². The quantitative estimate of drug-likeness (QED) is 0.612. The van der Waals surface area contributed by atoms with Gasteiger partial charge in [-0.3, -0.25) is 4.79 Å². The number of rotatable bonds is 2. The number of benzene rings is 2. The Morgan fingerprint density at radius 3 is 1.33 bits per heavy atom. The van der Waals surface area contributed by atoms with E-state index in [0.29, 0.717) is 0 Å². The SMILES string of the molecule is O=C(c1ccccc1)c1ccccc1.[Ru]. The zero-order valence-corrected chi connectivity index (χ0v) is 9.77. The zero-order valence-electron chi connectivity index (χ0n) is 8.04. The maximum atomic E-state index is 11.8. The summed E-state index contributed by atoms with van der Waals surface area (Å²) in [4.78, 5) is 11.8. The summed E-state index contributed by atoms with van der Waals surface area (Å²) in [5, 5.41) is 0. The molecule has 2 heteroatoms. The predicted molar refractivity (Wildman–Crippen MR) is 56.3 cm³/mol. The molecule has 15 heavy (non-hydrogen) atoms. The van der Waals surface area contributed by atoms with Crippen LogP contribution in [0.2, 0.25) is 0 Å². The van der Waals surface area contributed by atoms with Crippen LogP contribution < -0.4 is 0 Å². The van der Waals surface area contributed by atoms with Crippen molar-refractivity contribution in [1.29, 1.82) is 0 Å². The average molecular weight is 283 g/mol. The molecule has 0 fully saturated rings. The number of carbonyl (C=O) groups is 1. The molecule has 2 aromatic rings. The molecule has 0 aliphatic carbocycles. The van der Waals surface area contributed by atoms with Gasteiger partial charge in [-0.05, 0) is 0 Å². The van der Waals surface area contributed by atoms with Crippen LogP contribution in [0.15, 0.2) is 60.7 Å². The standard InChI is InChI=1S/C13H10O.Ru/c14-13(11-7-3-1-4-8-11)12-9-5-2-6-10-12;/h1-10H;. The summed E-state index contributed by atoms with van der Waals surface area (Å²) < 4.78 is 0. The fraction of sp³-hybridized carbons (Fsp3) is 0. The maximum Gasteiger partial charge on any atom is 0.193 e. The van der Waals surface area contributed by atoms with E-state index in [1.165, 1.54) is 0 Å². The largest absolute Gasteiger partial charge is 0.289 e. The van der Waals surface area contributed by atoms with Crippen LogP contribution in [0.5, 0.6) is 0 Å². The Bertz CT molecular complexity index is 381. The molecule has 0 heterocycles. The first-order chi connectivity index (χ1) is 6.88. The van der Waals surface area contributed by atoms with Crippen molar-refractivity contribution < 1.29 is 24.3 Å². The summed E-state index contributed by atoms with van der Waals surface area (Å²) in [5.41, 5.74) is 1.47. The van der Waals surface area contributed by atoms with Gasteiger partial charge in [0.15, 0.2) is 5.78 Å². The van der Waals surface area contributed by atoms with Gasteiger partial charge in [0.2, 0.25) is 0 Å². The number of hydrogen-bond donors (Lipinski definition) is 0. The Labute approximate surface area is 102 Å². The second-order valence-corrected chi connectivity index (χ2v) is 3.06. The number of carbonyl (C=O) groups excluding carboxylic acids is 1. The van der Waals surface area contributed by atoms with E-state index in [2.05, 4.69) is 0 Å². The Morgan fingerprint density at radius 2 is 1.00 bits per heavy atom. The van der Waals surface area contributed by atoms with Gasteiger partial charge in [0.05, 0.1) is 0 Å². The maximum absolute atomic E-state index is 11.8. The van der Waals surface area contributed by atoms with Gasteiger partial charge in [0.25, 0.3) is 0 Å². The second-order valence-electron chi connectivity index (χ2n) is 3.06. The molecule has 2 aromatic carbocycles. The molecule has 0 N–H and O–H groups in total. The van der Waals surface area contributed by atoms with Crippen molar-refractivity contribution in [2.24, 2.45) is 0 Å². The van der Waals surface area contributed by atoms with Gasteiger partial charge in [-0.25, -0.2) is 0 Å². The van der Waals surface area contributed by atoms with E-state index in [9.17, 15) is 4.79 Å². The van der Waals surface area contributed by atoms with E-state index in [1.54, 1.807) is 0 Å². The van der Waals surface area contributed by atoms with E-state index >= 15 is 0 Å². The molecule has 0 saturated carbocycles. The molecular formula is C13H10ORu. The average Bonchev–Trinajstić information content (AvgIpc) is 2.30. The van der Waals surface area contributed by atoms with Crippen LogP contribution in [-0.4, -0.2) is 5.78 Å². The summed E-state index contributed by atoms with van der Waals surface area (Å²) in [7, 11) is 0. The van der Waals surface area contributed by atoms with Gasteiger partial charge in [-0.1, -0.05) is 60.7 Å². The molecule has 76 valence electrons. The van der Waals surface area contributed by atoms with Crippen molar-refractivity contribution >= 4 is 5.78 Å². The van der Waals surface area contributed by atoms with Crippen LogP contribution in [0.3, 0.4) is 0 Å². The molecule has 0 atom stereocenters. The summed E-state index contributed by atoms with van der Waals surface area (Å²) in [6, 6.07) is 18.6. The summed E-state index contributed by atoms with van der Waals surface area (Å²) in [6.07, 6.45) is 0. The molecule has 0 aliphatic rings. The van der Waals surface area contributed by atoms with Gasteiger partial charge in [-0.2, -0.15) is 0 Å². The molecule has 0 bridgehead atoms. The summed E-state index contributed by atoms with van der Waals surface area (Å²) in [5.74, 6) is 0.0752. The first-order valence-electron chi connectivity index (χ1n) is 4.53. The minimum Gasteiger partial charge on any atom is -0.289 e. The molecule has 0 unspecified atom stereocenters. The number of ketones is 1. The minimum absolute atomic E-state index is 0. The fourth-order valence-corrected chi connectivity index (χ4v) is 1.35. The minimum atomic E-state index is 0. The predicted octanol–water partition coefficient (Wildman–Crippen LogP) is 2.92. The number of hydrogen-bond acceptors (Lipinski definition) is 1. The van der Waals surface area contributed by atoms with Crippen molar-refractivity contribution in [3.8, 4) is 0 Å². The Morgan fingerprint density at radius 1 is 0.667 bits per heavy atom. The Hall–Kier alpha value is -1.27. The van der Waals surface area contributed by atoms with Crippen molar-refractivity contribution in [3.63, 3.8) is 0 Å². The van der Waals surface area contributed by atoms with Crippen LogP contribution in [-0.2, 0) is 19.5 Å². The van der Waals surface area contributed by atoms with E-state index in [0.717, 1.165) is 11.1 Å². The van der Waals surface area contributed by atoms with Gasteiger partial charge < -0.3 is 0 Å². The zero-order chi connectivity index (χ0) is 9.80. The van der Waals surface area contributed by atoms with Crippen LogP contribution in [0.25, 0.3) is 0 Å². The van der Waals surface area contributed by atoms with E-state index < -0.39 is 0 Å². The first kappa shape index (κ1) is 11.8. The molecule has 0 radical (unpaired) electrons. The third kappa shape index (κ3) is 2.84. The van der Waals surface area contributed by atoms with Crippen LogP contribution in [0, 0.1) is 0 Å². The molecule has 0 aliphatic heterocycles. The molecule has 0 spiro atoms. The second kappa shape index (κ2) is 5.57. The van der Waals surface area contributed by atoms with Crippen LogP contribution in [0.1, 0.15) is 15.9 Å². The van der Waals surface area contributed by atoms with Crippen molar-refractivity contribution in [2.75, 3.05) is 0 Å². The van der Waals surface area contributed by atoms with E-state index in [-0.39, 0.29) is 25.3 Å². The molecule has 1 nitrogen and oxygen atoms in total. The fourth-order valence-electron chi connectivity index (χ4n) is 1.35. The van der Waals surface area contributed by atoms with Crippen molar-refractivity contribution in [1.82, 2.24) is 0 Å². The van der Waals surface area contributed by atoms with Crippen LogP contribution in [0.4, 0.5) is 0 Å². The smallest absolute Gasteiger partial charge is 0.193 e. The Balaban J connectivity index is 0.00000112. The third-order valence-electron chi connectivity index (χ3n) is 2.07. The molecule has 0 amide bonds. The monoisotopic (exact) mass is 284 g/mol. The van der Waals surface area contributed by atoms with Gasteiger partial charge in [0, 0.05) is 30.6 Å².